The first-order valence-corrected chi connectivity index (χ1v) is 4.48. The maximum Gasteiger partial charge on any atom is 0.329 e. The highest BCUT2D eigenvalue weighted by Gasteiger charge is 1.90. The number of hydrogen-bond acceptors (Lipinski definition) is 2. The van der Waals surface area contributed by atoms with Crippen molar-refractivity contribution in [2.24, 2.45) is 0 Å². The minimum Gasteiger partial charge on any atom is -0.480 e. The van der Waals surface area contributed by atoms with E-state index in [9.17, 15) is 4.79 Å². The number of aryl methyl sites for hydroxylation is 1. The van der Waals surface area contributed by atoms with Crippen LogP contribution in [0.5, 0.6) is 0 Å². The normalized spacial score (nSPS) is 8.13. The Balaban J connectivity index is 0. The molecule has 15 heavy (non-hydrogen) atoms. The third-order valence-electron chi connectivity index (χ3n) is 1.37. The van der Waals surface area contributed by atoms with Gasteiger partial charge in [-0.2, -0.15) is 0 Å². The second-order valence-electron chi connectivity index (χ2n) is 2.69. The van der Waals surface area contributed by atoms with Crippen LogP contribution in [0.25, 0.3) is 0 Å². The van der Waals surface area contributed by atoms with Crippen LogP contribution in [0.4, 0.5) is 0 Å². The molecule has 0 radical (unpaired) electrons. The molecule has 86 valence electrons. The van der Waals surface area contributed by atoms with Crippen LogP contribution < -0.4 is 0 Å². The lowest BCUT2D eigenvalue weighted by Gasteiger charge is -1.90. The zero-order valence-electron chi connectivity index (χ0n) is 8.97. The third-order valence-corrected chi connectivity index (χ3v) is 1.37. The lowest BCUT2D eigenvalue weighted by Crippen LogP contribution is -2.05. The molecule has 0 aromatic heterocycles. The summed E-state index contributed by atoms with van der Waals surface area (Å²) in [7, 11) is 0. The van der Waals surface area contributed by atoms with Gasteiger partial charge in [0.1, 0.15) is 6.61 Å². The van der Waals surface area contributed by atoms with Crippen molar-refractivity contribution in [3.63, 3.8) is 0 Å². The minimum atomic E-state index is -0.915. The molecule has 0 fully saturated rings. The van der Waals surface area contributed by atoms with E-state index in [4.69, 9.17) is 5.11 Å². The topological polar surface area (TPSA) is 46.5 Å². The van der Waals surface area contributed by atoms with Gasteiger partial charge in [0.2, 0.25) is 0 Å². The molecule has 0 bridgehead atoms. The van der Waals surface area contributed by atoms with Crippen LogP contribution in [0.1, 0.15) is 12.5 Å². The van der Waals surface area contributed by atoms with Gasteiger partial charge >= 0.3 is 5.97 Å². The molecule has 4 heteroatoms. The molecule has 0 atom stereocenters. The first-order chi connectivity index (χ1) is 6.66. The Hall–Kier alpha value is -1.06. The van der Waals surface area contributed by atoms with Gasteiger partial charge in [0.05, 0.1) is 0 Å². The summed E-state index contributed by atoms with van der Waals surface area (Å²) in [6, 6.07) is 10.3. The van der Waals surface area contributed by atoms with Crippen LogP contribution in [-0.4, -0.2) is 24.3 Å². The molecule has 0 saturated carbocycles. The zero-order valence-corrected chi connectivity index (χ0v) is 9.79. The molecule has 0 aliphatic rings. The average Bonchev–Trinajstić information content (AvgIpc) is 2.17. The van der Waals surface area contributed by atoms with Crippen LogP contribution in [-0.2, 0) is 9.53 Å². The predicted molar refractivity (Wildman–Crippen MR) is 62.6 cm³/mol. The minimum absolute atomic E-state index is 0. The van der Waals surface area contributed by atoms with Gasteiger partial charge in [-0.1, -0.05) is 35.9 Å². The fourth-order valence-corrected chi connectivity index (χ4v) is 0.724. The molecule has 0 aliphatic carbocycles. The zero-order chi connectivity index (χ0) is 10.8. The van der Waals surface area contributed by atoms with E-state index in [-0.39, 0.29) is 19.0 Å². The Kier molecular flexibility index (Phi) is 12.0. The van der Waals surface area contributed by atoms with E-state index in [1.165, 1.54) is 5.56 Å². The lowest BCUT2D eigenvalue weighted by atomic mass is 10.2. The molecule has 1 rings (SSSR count). The molecule has 0 heterocycles. The summed E-state index contributed by atoms with van der Waals surface area (Å²) in [4.78, 5) is 9.63. The summed E-state index contributed by atoms with van der Waals surface area (Å²) in [5.74, 6) is -0.915. The van der Waals surface area contributed by atoms with Crippen LogP contribution in [0, 0.1) is 6.92 Å². The number of rotatable bonds is 3. The number of halogens is 1. The Labute approximate surface area is 96.5 Å². The highest BCUT2D eigenvalue weighted by molar-refractivity contribution is 5.85. The highest BCUT2D eigenvalue weighted by atomic mass is 35.5. The number of ether oxygens (including phenoxy) is 1. The van der Waals surface area contributed by atoms with Crippen LogP contribution in [0.15, 0.2) is 30.3 Å². The van der Waals surface area contributed by atoms with Gasteiger partial charge in [0.15, 0.2) is 0 Å². The van der Waals surface area contributed by atoms with E-state index in [1.807, 2.05) is 18.2 Å². The second kappa shape index (κ2) is 11.0. The predicted octanol–water partition coefficient (Wildman–Crippen LogP) is 2.52. The molecule has 0 saturated heterocycles. The first kappa shape index (κ1) is 16.4. The van der Waals surface area contributed by atoms with E-state index in [1.54, 1.807) is 6.92 Å². The van der Waals surface area contributed by atoms with E-state index < -0.39 is 5.97 Å². The largest absolute Gasteiger partial charge is 0.480 e. The van der Waals surface area contributed by atoms with Crippen molar-refractivity contribution in [3.8, 4) is 0 Å². The van der Waals surface area contributed by atoms with Gasteiger partial charge in [0.25, 0.3) is 0 Å². The molecular formula is C11H17ClO3. The quantitative estimate of drug-likeness (QED) is 0.871. The van der Waals surface area contributed by atoms with Gasteiger partial charge in [0, 0.05) is 6.61 Å². The van der Waals surface area contributed by atoms with Crippen molar-refractivity contribution in [1.29, 1.82) is 0 Å². The van der Waals surface area contributed by atoms with Crippen molar-refractivity contribution < 1.29 is 14.6 Å². The van der Waals surface area contributed by atoms with E-state index in [2.05, 4.69) is 23.8 Å². The van der Waals surface area contributed by atoms with E-state index >= 15 is 0 Å². The number of carboxylic acids is 1. The Bertz CT molecular complexity index is 249. The standard InChI is InChI=1S/C7H8.C4H8O3.ClH/c1-7-5-3-2-4-6-7;1-2-7-3-4(5)6;/h2-6H,1H3;2-3H2,1H3,(H,5,6);1H. The highest BCUT2D eigenvalue weighted by Crippen LogP contribution is 1.92. The summed E-state index contributed by atoms with van der Waals surface area (Å²) in [6.45, 7) is 4.12. The molecule has 0 unspecified atom stereocenters. The van der Waals surface area contributed by atoms with Gasteiger partial charge < -0.3 is 9.84 Å². The summed E-state index contributed by atoms with van der Waals surface area (Å²) in [6.07, 6.45) is 0. The van der Waals surface area contributed by atoms with E-state index in [0.29, 0.717) is 6.61 Å². The molecule has 0 aliphatic heterocycles. The fraction of sp³-hybridized carbons (Fsp3) is 0.364. The monoisotopic (exact) mass is 232 g/mol. The summed E-state index contributed by atoms with van der Waals surface area (Å²) < 4.78 is 4.50. The van der Waals surface area contributed by atoms with Gasteiger partial charge in [-0.15, -0.1) is 12.4 Å². The number of hydrogen-bond donors (Lipinski definition) is 1. The van der Waals surface area contributed by atoms with Gasteiger partial charge in [-0.05, 0) is 13.8 Å². The Morgan fingerprint density at radius 1 is 1.33 bits per heavy atom. The Morgan fingerprint density at radius 3 is 2.07 bits per heavy atom. The van der Waals surface area contributed by atoms with Crippen molar-refractivity contribution in [2.45, 2.75) is 13.8 Å². The molecule has 0 spiro atoms. The van der Waals surface area contributed by atoms with E-state index in [0.717, 1.165) is 0 Å². The summed E-state index contributed by atoms with van der Waals surface area (Å²) >= 11 is 0. The van der Waals surface area contributed by atoms with Crippen molar-refractivity contribution in [2.75, 3.05) is 13.2 Å². The number of benzene rings is 1. The van der Waals surface area contributed by atoms with Crippen LogP contribution in [0.2, 0.25) is 0 Å². The summed E-state index contributed by atoms with van der Waals surface area (Å²) in [5.41, 5.74) is 1.32. The SMILES string of the molecule is CCOCC(=O)O.Cc1ccccc1.Cl. The van der Waals surface area contributed by atoms with Crippen LogP contribution >= 0.6 is 12.4 Å². The number of aliphatic carboxylic acids is 1. The first-order valence-electron chi connectivity index (χ1n) is 4.48. The number of carboxylic acid groups (broad SMARTS) is 1. The fourth-order valence-electron chi connectivity index (χ4n) is 0.724. The van der Waals surface area contributed by atoms with Gasteiger partial charge in [-0.25, -0.2) is 4.79 Å². The van der Waals surface area contributed by atoms with Gasteiger partial charge in [-0.3, -0.25) is 0 Å². The number of carbonyl (C=O) groups is 1. The maximum atomic E-state index is 9.63. The smallest absolute Gasteiger partial charge is 0.329 e. The molecular weight excluding hydrogens is 216 g/mol. The molecule has 1 aromatic rings. The second-order valence-corrected chi connectivity index (χ2v) is 2.69. The third kappa shape index (κ3) is 12.9. The van der Waals surface area contributed by atoms with Crippen molar-refractivity contribution in [3.05, 3.63) is 35.9 Å². The summed E-state index contributed by atoms with van der Waals surface area (Å²) in [5, 5.41) is 7.92. The maximum absolute atomic E-state index is 9.63. The Morgan fingerprint density at radius 2 is 1.87 bits per heavy atom. The lowest BCUT2D eigenvalue weighted by molar-refractivity contribution is -0.142. The molecule has 1 aromatic carbocycles. The van der Waals surface area contributed by atoms with Crippen molar-refractivity contribution >= 4 is 18.4 Å². The van der Waals surface area contributed by atoms with Crippen molar-refractivity contribution in [1.82, 2.24) is 0 Å². The molecule has 3 nitrogen and oxygen atoms in total. The molecule has 0 amide bonds. The average molecular weight is 233 g/mol. The van der Waals surface area contributed by atoms with Crippen LogP contribution in [0.3, 0.4) is 0 Å². The molecule has 1 N–H and O–H groups in total.